The van der Waals surface area contributed by atoms with Gasteiger partial charge in [0.2, 0.25) is 0 Å². The lowest BCUT2D eigenvalue weighted by Gasteiger charge is -2.18. The van der Waals surface area contributed by atoms with Gasteiger partial charge in [-0.1, -0.05) is 51.1 Å². The van der Waals surface area contributed by atoms with Crippen molar-refractivity contribution in [2.45, 2.75) is 26.2 Å². The molecule has 5 heteroatoms. The summed E-state index contributed by atoms with van der Waals surface area (Å²) >= 11 is 0. The van der Waals surface area contributed by atoms with E-state index in [4.69, 9.17) is 0 Å². The van der Waals surface area contributed by atoms with E-state index in [0.717, 1.165) is 10.6 Å². The van der Waals surface area contributed by atoms with E-state index >= 15 is 0 Å². The van der Waals surface area contributed by atoms with Crippen molar-refractivity contribution >= 4 is 23.6 Å². The van der Waals surface area contributed by atoms with Gasteiger partial charge in [-0.25, -0.2) is 9.40 Å². The molecule has 1 saturated heterocycles. The second-order valence-corrected chi connectivity index (χ2v) is 6.99. The van der Waals surface area contributed by atoms with Gasteiger partial charge in [-0.3, -0.25) is 15.0 Å². The Bertz CT molecular complexity index is 864. The first-order chi connectivity index (χ1) is 11.8. The molecule has 1 aliphatic heterocycles. The van der Waals surface area contributed by atoms with E-state index in [1.54, 1.807) is 12.1 Å². The second-order valence-electron chi connectivity index (χ2n) is 6.99. The molecule has 1 aliphatic rings. The quantitative estimate of drug-likeness (QED) is 0.672. The maximum Gasteiger partial charge on any atom is 0.282 e. The molecule has 1 heterocycles. The van der Waals surface area contributed by atoms with Gasteiger partial charge in [0.05, 0.1) is 5.69 Å². The van der Waals surface area contributed by atoms with E-state index < -0.39 is 17.6 Å². The number of halogens is 1. The van der Waals surface area contributed by atoms with Crippen LogP contribution in [0.4, 0.5) is 10.1 Å². The number of rotatable bonds is 2. The summed E-state index contributed by atoms with van der Waals surface area (Å²) in [4.78, 5) is 24.7. The Morgan fingerprint density at radius 2 is 1.72 bits per heavy atom. The molecule has 0 unspecified atom stereocenters. The topological polar surface area (TPSA) is 49.4 Å². The van der Waals surface area contributed by atoms with E-state index in [1.165, 1.54) is 23.8 Å². The number of anilines is 1. The molecule has 1 fully saturated rings. The van der Waals surface area contributed by atoms with Crippen LogP contribution >= 0.6 is 0 Å². The average molecular weight is 338 g/mol. The van der Waals surface area contributed by atoms with Crippen molar-refractivity contribution in [3.05, 3.63) is 71.0 Å². The molecule has 128 valence electrons. The fraction of sp³-hybridized carbons (Fsp3) is 0.200. The van der Waals surface area contributed by atoms with Gasteiger partial charge in [0, 0.05) is 0 Å². The predicted molar refractivity (Wildman–Crippen MR) is 95.1 cm³/mol. The Kier molecular flexibility index (Phi) is 4.17. The maximum absolute atomic E-state index is 13.4. The van der Waals surface area contributed by atoms with Crippen LogP contribution in [0.15, 0.2) is 54.1 Å². The fourth-order valence-electron chi connectivity index (χ4n) is 2.60. The van der Waals surface area contributed by atoms with Gasteiger partial charge in [0.1, 0.15) is 11.4 Å². The van der Waals surface area contributed by atoms with E-state index in [0.29, 0.717) is 0 Å². The number of nitrogens with one attached hydrogen (secondary N) is 1. The zero-order valence-electron chi connectivity index (χ0n) is 14.3. The van der Waals surface area contributed by atoms with Gasteiger partial charge in [-0.05, 0) is 40.8 Å². The molecule has 0 saturated carbocycles. The normalized spacial score (nSPS) is 16.5. The molecule has 0 spiro atoms. The number of hydrogen-bond donors (Lipinski definition) is 1. The molecule has 4 nitrogen and oxygen atoms in total. The van der Waals surface area contributed by atoms with Crippen LogP contribution in [0.5, 0.6) is 0 Å². The third kappa shape index (κ3) is 3.45. The lowest BCUT2D eigenvalue weighted by Crippen LogP contribution is -2.35. The van der Waals surface area contributed by atoms with Crippen molar-refractivity contribution < 1.29 is 14.0 Å². The first-order valence-electron chi connectivity index (χ1n) is 7.99. The zero-order valence-corrected chi connectivity index (χ0v) is 14.3. The molecule has 0 aromatic heterocycles. The van der Waals surface area contributed by atoms with E-state index in [1.807, 2.05) is 24.3 Å². The largest absolute Gasteiger partial charge is 0.282 e. The number of carbonyl (C=O) groups excluding carboxylic acids is 2. The van der Waals surface area contributed by atoms with Crippen molar-refractivity contribution in [1.82, 2.24) is 5.43 Å². The van der Waals surface area contributed by atoms with Gasteiger partial charge >= 0.3 is 0 Å². The fourth-order valence-corrected chi connectivity index (χ4v) is 2.60. The summed E-state index contributed by atoms with van der Waals surface area (Å²) in [5.41, 5.74) is 4.72. The summed E-state index contributed by atoms with van der Waals surface area (Å²) in [6.07, 6.45) is 1.55. The molecule has 2 aromatic carbocycles. The second kappa shape index (κ2) is 6.16. The van der Waals surface area contributed by atoms with Crippen LogP contribution in [-0.4, -0.2) is 11.8 Å². The van der Waals surface area contributed by atoms with Crippen LogP contribution in [0, 0.1) is 5.82 Å². The maximum atomic E-state index is 13.4. The number of hydrogen-bond acceptors (Lipinski definition) is 2. The van der Waals surface area contributed by atoms with Crippen molar-refractivity contribution in [2.75, 3.05) is 5.01 Å². The van der Waals surface area contributed by atoms with Crippen molar-refractivity contribution in [3.8, 4) is 0 Å². The van der Waals surface area contributed by atoms with Gasteiger partial charge in [0.25, 0.3) is 11.8 Å². The highest BCUT2D eigenvalue weighted by Gasteiger charge is 2.34. The molecular formula is C20H19FN2O2. The van der Waals surface area contributed by atoms with Gasteiger partial charge in [0.15, 0.2) is 0 Å². The summed E-state index contributed by atoms with van der Waals surface area (Å²) < 4.78 is 13.4. The van der Waals surface area contributed by atoms with Crippen LogP contribution in [0.2, 0.25) is 0 Å². The molecule has 0 bridgehead atoms. The van der Waals surface area contributed by atoms with Gasteiger partial charge in [-0.15, -0.1) is 0 Å². The van der Waals surface area contributed by atoms with Crippen molar-refractivity contribution in [2.24, 2.45) is 0 Å². The summed E-state index contributed by atoms with van der Waals surface area (Å²) in [6.45, 7) is 6.35. The van der Waals surface area contributed by atoms with Crippen molar-refractivity contribution in [1.29, 1.82) is 0 Å². The van der Waals surface area contributed by atoms with Crippen LogP contribution in [0.3, 0.4) is 0 Å². The predicted octanol–water partition coefficient (Wildman–Crippen LogP) is 3.58. The number of benzene rings is 2. The first-order valence-corrected chi connectivity index (χ1v) is 7.99. The lowest BCUT2D eigenvalue weighted by molar-refractivity contribution is -0.117. The highest BCUT2D eigenvalue weighted by atomic mass is 19.1. The third-order valence-electron chi connectivity index (χ3n) is 4.05. The zero-order chi connectivity index (χ0) is 18.2. The highest BCUT2D eigenvalue weighted by molar-refractivity contribution is 6.31. The third-order valence-corrected chi connectivity index (χ3v) is 4.05. The van der Waals surface area contributed by atoms with Gasteiger partial charge < -0.3 is 0 Å². The molecule has 2 aromatic rings. The van der Waals surface area contributed by atoms with Gasteiger partial charge in [-0.2, -0.15) is 0 Å². The Labute approximate surface area is 145 Å². The number of nitrogens with zero attached hydrogens (tertiary/aromatic N) is 1. The van der Waals surface area contributed by atoms with E-state index in [9.17, 15) is 14.0 Å². The van der Waals surface area contributed by atoms with Crippen LogP contribution in [0.25, 0.3) is 6.08 Å². The summed E-state index contributed by atoms with van der Waals surface area (Å²) in [5, 5.41) is 1.06. The van der Waals surface area contributed by atoms with Crippen molar-refractivity contribution in [3.63, 3.8) is 0 Å². The minimum Gasteiger partial charge on any atom is -0.267 e. The molecule has 0 radical (unpaired) electrons. The monoisotopic (exact) mass is 338 g/mol. The Balaban J connectivity index is 1.88. The SMILES string of the molecule is CC(C)(C)c1ccc(/C=C2\C(=O)NN(c3cccc(F)c3)C2=O)cc1. The lowest BCUT2D eigenvalue weighted by atomic mass is 9.86. The average Bonchev–Trinajstić information content (AvgIpc) is 2.83. The van der Waals surface area contributed by atoms with Crippen LogP contribution in [0.1, 0.15) is 31.9 Å². The summed E-state index contributed by atoms with van der Waals surface area (Å²) in [6, 6.07) is 13.2. The van der Waals surface area contributed by atoms with E-state index in [-0.39, 0.29) is 16.7 Å². The van der Waals surface area contributed by atoms with E-state index in [2.05, 4.69) is 26.2 Å². The summed E-state index contributed by atoms with van der Waals surface area (Å²) in [5.74, 6) is -1.49. The summed E-state index contributed by atoms with van der Waals surface area (Å²) in [7, 11) is 0. The number of carbonyl (C=O) groups is 2. The Morgan fingerprint density at radius 3 is 2.32 bits per heavy atom. The first kappa shape index (κ1) is 16.9. The Hall–Kier alpha value is -2.95. The molecule has 0 aliphatic carbocycles. The van der Waals surface area contributed by atoms with Crippen LogP contribution in [-0.2, 0) is 15.0 Å². The molecule has 3 rings (SSSR count). The van der Waals surface area contributed by atoms with Crippen LogP contribution < -0.4 is 10.4 Å². The molecule has 1 N–H and O–H groups in total. The molecular weight excluding hydrogens is 319 g/mol. The smallest absolute Gasteiger partial charge is 0.267 e. The Morgan fingerprint density at radius 1 is 1.04 bits per heavy atom. The number of amides is 2. The number of hydrazine groups is 1. The molecule has 0 atom stereocenters. The molecule has 2 amide bonds. The minimum absolute atomic E-state index is 0.0211. The minimum atomic E-state index is -0.505. The standard InChI is InChI=1S/C20H19FN2O2/c1-20(2,3)14-9-7-13(8-10-14)11-17-18(24)22-23(19(17)25)16-6-4-5-15(21)12-16/h4-12H,1-3H3,(H,22,24)/b17-11+. The molecule has 25 heavy (non-hydrogen) atoms. The highest BCUT2D eigenvalue weighted by Crippen LogP contribution is 2.25.